The number of aromatic nitrogens is 6. The lowest BCUT2D eigenvalue weighted by Crippen LogP contribution is -2.13. The van der Waals surface area contributed by atoms with Crippen LogP contribution in [0.1, 0.15) is 11.4 Å². The van der Waals surface area contributed by atoms with Crippen molar-refractivity contribution < 1.29 is 0 Å². The Kier molecular flexibility index (Phi) is 1.39. The summed E-state index contributed by atoms with van der Waals surface area (Å²) in [4.78, 5) is 3.11. The monoisotopic (exact) mass is 164 g/mol. The van der Waals surface area contributed by atoms with Crippen molar-refractivity contribution in [2.45, 2.75) is 13.8 Å². The first-order valence-corrected chi connectivity index (χ1v) is 3.54. The van der Waals surface area contributed by atoms with Gasteiger partial charge in [0.05, 0.1) is 11.4 Å². The van der Waals surface area contributed by atoms with Crippen LogP contribution in [-0.2, 0) is 0 Å². The van der Waals surface area contributed by atoms with Crippen molar-refractivity contribution >= 4 is 0 Å². The molecule has 0 spiro atoms. The lowest BCUT2D eigenvalue weighted by Gasteiger charge is -1.98. The summed E-state index contributed by atoms with van der Waals surface area (Å²) in [7, 11) is 0. The molecule has 0 aliphatic carbocycles. The average molecular weight is 164 g/mol. The van der Waals surface area contributed by atoms with Gasteiger partial charge in [-0.2, -0.15) is 9.89 Å². The van der Waals surface area contributed by atoms with E-state index >= 15 is 0 Å². The first-order chi connectivity index (χ1) is 5.77. The molecule has 2 aromatic heterocycles. The van der Waals surface area contributed by atoms with Crippen LogP contribution in [-0.4, -0.2) is 30.2 Å². The van der Waals surface area contributed by atoms with Gasteiger partial charge in [-0.1, -0.05) is 0 Å². The van der Waals surface area contributed by atoms with Crippen molar-refractivity contribution in [2.24, 2.45) is 0 Å². The van der Waals surface area contributed by atoms with E-state index in [0.717, 1.165) is 11.4 Å². The SMILES string of the molecule is Cc1cc(C)n(-n2cnnn2)n1. The maximum Gasteiger partial charge on any atom is 0.164 e. The van der Waals surface area contributed by atoms with Gasteiger partial charge in [0.2, 0.25) is 0 Å². The Balaban J connectivity index is 2.54. The largest absolute Gasteiger partial charge is 0.164 e. The van der Waals surface area contributed by atoms with Crippen molar-refractivity contribution in [3.05, 3.63) is 23.8 Å². The van der Waals surface area contributed by atoms with Crippen LogP contribution in [0, 0.1) is 13.8 Å². The molecule has 2 heterocycles. The second-order valence-electron chi connectivity index (χ2n) is 2.55. The fourth-order valence-electron chi connectivity index (χ4n) is 1.07. The van der Waals surface area contributed by atoms with Gasteiger partial charge in [0.15, 0.2) is 6.33 Å². The van der Waals surface area contributed by atoms with Crippen molar-refractivity contribution in [3.63, 3.8) is 0 Å². The number of hydrogen-bond acceptors (Lipinski definition) is 4. The van der Waals surface area contributed by atoms with Crippen LogP contribution in [0.4, 0.5) is 0 Å². The number of hydrogen-bond donors (Lipinski definition) is 0. The fourth-order valence-corrected chi connectivity index (χ4v) is 1.07. The highest BCUT2D eigenvalue weighted by atomic mass is 15.8. The highest BCUT2D eigenvalue weighted by Crippen LogP contribution is 2.00. The summed E-state index contributed by atoms with van der Waals surface area (Å²) in [6, 6.07) is 1.96. The molecule has 2 rings (SSSR count). The van der Waals surface area contributed by atoms with E-state index in [9.17, 15) is 0 Å². The number of rotatable bonds is 1. The molecule has 0 radical (unpaired) electrons. The smallest absolute Gasteiger partial charge is 0.156 e. The molecule has 0 unspecified atom stereocenters. The minimum atomic E-state index is 0.947. The van der Waals surface area contributed by atoms with Crippen molar-refractivity contribution in [3.8, 4) is 0 Å². The molecule has 12 heavy (non-hydrogen) atoms. The molecule has 6 heteroatoms. The topological polar surface area (TPSA) is 61.4 Å². The standard InChI is InChI=1S/C6H8N6/c1-5-3-6(2)12(8-5)11-4-7-9-10-11/h3-4H,1-2H3. The van der Waals surface area contributed by atoms with Gasteiger partial charge in [-0.3, -0.25) is 0 Å². The second-order valence-corrected chi connectivity index (χ2v) is 2.55. The molecule has 0 atom stereocenters. The third-order valence-corrected chi connectivity index (χ3v) is 1.52. The van der Waals surface area contributed by atoms with Gasteiger partial charge in [0.1, 0.15) is 0 Å². The normalized spacial score (nSPS) is 10.5. The summed E-state index contributed by atoms with van der Waals surface area (Å²) in [5.41, 5.74) is 1.95. The zero-order valence-corrected chi connectivity index (χ0v) is 6.84. The molecule has 6 nitrogen and oxygen atoms in total. The lowest BCUT2D eigenvalue weighted by atomic mass is 10.4. The Hall–Kier alpha value is -1.72. The highest BCUT2D eigenvalue weighted by molar-refractivity contribution is 5.06. The quantitative estimate of drug-likeness (QED) is 0.585. The predicted molar refractivity (Wildman–Crippen MR) is 40.3 cm³/mol. The van der Waals surface area contributed by atoms with E-state index in [-0.39, 0.29) is 0 Å². The number of nitrogens with zero attached hydrogens (tertiary/aromatic N) is 6. The Morgan fingerprint density at radius 2 is 2.17 bits per heavy atom. The lowest BCUT2D eigenvalue weighted by molar-refractivity contribution is 0.476. The van der Waals surface area contributed by atoms with Crippen LogP contribution < -0.4 is 0 Å². The van der Waals surface area contributed by atoms with Gasteiger partial charge in [0, 0.05) is 0 Å². The molecule has 62 valence electrons. The first kappa shape index (κ1) is 6.96. The maximum absolute atomic E-state index is 4.19. The van der Waals surface area contributed by atoms with E-state index in [0.29, 0.717) is 0 Å². The van der Waals surface area contributed by atoms with Crippen LogP contribution >= 0.6 is 0 Å². The van der Waals surface area contributed by atoms with Crippen LogP contribution in [0.25, 0.3) is 0 Å². The number of tetrazole rings is 1. The van der Waals surface area contributed by atoms with Gasteiger partial charge in [-0.25, -0.2) is 0 Å². The predicted octanol–water partition coefficient (Wildman–Crippen LogP) is -0.202. The van der Waals surface area contributed by atoms with Gasteiger partial charge >= 0.3 is 0 Å². The Morgan fingerprint density at radius 3 is 2.67 bits per heavy atom. The van der Waals surface area contributed by atoms with Gasteiger partial charge in [-0.05, 0) is 30.3 Å². The maximum atomic E-state index is 4.19. The van der Waals surface area contributed by atoms with Crippen molar-refractivity contribution in [1.29, 1.82) is 0 Å². The van der Waals surface area contributed by atoms with Crippen molar-refractivity contribution in [1.82, 2.24) is 30.2 Å². The van der Waals surface area contributed by atoms with E-state index in [1.807, 2.05) is 19.9 Å². The molecule has 0 amide bonds. The third-order valence-electron chi connectivity index (χ3n) is 1.52. The first-order valence-electron chi connectivity index (χ1n) is 3.54. The minimum Gasteiger partial charge on any atom is -0.156 e. The molecule has 0 aliphatic rings. The van der Waals surface area contributed by atoms with Gasteiger partial charge in [0.25, 0.3) is 0 Å². The summed E-state index contributed by atoms with van der Waals surface area (Å²) in [5, 5.41) is 14.9. The van der Waals surface area contributed by atoms with E-state index in [1.165, 1.54) is 11.1 Å². The van der Waals surface area contributed by atoms with Gasteiger partial charge < -0.3 is 0 Å². The molecule has 0 saturated carbocycles. The summed E-state index contributed by atoms with van der Waals surface area (Å²) in [6.45, 7) is 3.87. The number of aryl methyl sites for hydroxylation is 2. The Bertz CT molecular complexity index is 373. The molecule has 0 aliphatic heterocycles. The average Bonchev–Trinajstić information content (AvgIpc) is 2.58. The summed E-state index contributed by atoms with van der Waals surface area (Å²) in [6.07, 6.45) is 1.50. The highest BCUT2D eigenvalue weighted by Gasteiger charge is 2.02. The van der Waals surface area contributed by atoms with E-state index in [4.69, 9.17) is 0 Å². The molecular formula is C6H8N6. The Labute approximate surface area is 68.8 Å². The third kappa shape index (κ3) is 0.969. The molecule has 0 fully saturated rings. The molecule has 0 bridgehead atoms. The zero-order chi connectivity index (χ0) is 8.55. The second kappa shape index (κ2) is 2.40. The molecule has 2 aromatic rings. The summed E-state index contributed by atoms with van der Waals surface area (Å²) >= 11 is 0. The molecule has 0 N–H and O–H groups in total. The summed E-state index contributed by atoms with van der Waals surface area (Å²) in [5.74, 6) is 0. The minimum absolute atomic E-state index is 0.947. The summed E-state index contributed by atoms with van der Waals surface area (Å²) < 4.78 is 0. The van der Waals surface area contributed by atoms with E-state index in [1.54, 1.807) is 4.79 Å². The van der Waals surface area contributed by atoms with E-state index in [2.05, 4.69) is 20.6 Å². The van der Waals surface area contributed by atoms with Gasteiger partial charge in [-0.15, -0.1) is 9.89 Å². The van der Waals surface area contributed by atoms with Crippen LogP contribution in [0.2, 0.25) is 0 Å². The van der Waals surface area contributed by atoms with Crippen LogP contribution in [0.15, 0.2) is 12.4 Å². The van der Waals surface area contributed by atoms with E-state index < -0.39 is 0 Å². The Morgan fingerprint density at radius 1 is 1.33 bits per heavy atom. The fraction of sp³-hybridized carbons (Fsp3) is 0.333. The van der Waals surface area contributed by atoms with Crippen LogP contribution in [0.3, 0.4) is 0 Å². The van der Waals surface area contributed by atoms with Crippen molar-refractivity contribution in [2.75, 3.05) is 0 Å². The molecule has 0 aromatic carbocycles. The zero-order valence-electron chi connectivity index (χ0n) is 6.84. The molecule has 0 saturated heterocycles. The molecular weight excluding hydrogens is 156 g/mol. The van der Waals surface area contributed by atoms with Crippen LogP contribution in [0.5, 0.6) is 0 Å².